The molecule has 5 unspecified atom stereocenters. The molecule has 4 rings (SSSR count). The Morgan fingerprint density at radius 2 is 1.51 bits per heavy atom. The Labute approximate surface area is 211 Å². The minimum atomic E-state index is -0.219. The molecule has 0 aromatic rings. The third-order valence-electron chi connectivity index (χ3n) is 11.0. The van der Waals surface area contributed by atoms with E-state index in [0.717, 1.165) is 32.1 Å². The largest absolute Gasteiger partial charge is 0.469 e. The predicted molar refractivity (Wildman–Crippen MR) is 132 cm³/mol. The maximum Gasteiger partial charge on any atom is 0.305 e. The zero-order valence-electron chi connectivity index (χ0n) is 22.6. The number of carbonyl (C=O) groups is 3. The topological polar surface area (TPSA) is 78.9 Å². The smallest absolute Gasteiger partial charge is 0.305 e. The Balaban J connectivity index is 1.56. The summed E-state index contributed by atoms with van der Waals surface area (Å²) in [5.74, 6) is 2.64. The molecule has 4 aliphatic rings. The maximum absolute atomic E-state index is 12.1. The van der Waals surface area contributed by atoms with Crippen molar-refractivity contribution in [2.24, 2.45) is 46.3 Å². The highest BCUT2D eigenvalue weighted by Crippen LogP contribution is 2.68. The second-order valence-corrected chi connectivity index (χ2v) is 12.7. The van der Waals surface area contributed by atoms with Crippen LogP contribution in [0.2, 0.25) is 0 Å². The van der Waals surface area contributed by atoms with Crippen LogP contribution < -0.4 is 0 Å². The van der Waals surface area contributed by atoms with Crippen LogP contribution in [0.3, 0.4) is 0 Å². The van der Waals surface area contributed by atoms with Gasteiger partial charge in [0.2, 0.25) is 0 Å². The van der Waals surface area contributed by atoms with Crippen LogP contribution in [0.4, 0.5) is 0 Å². The van der Waals surface area contributed by atoms with Gasteiger partial charge in [-0.15, -0.1) is 0 Å². The average Bonchev–Trinajstić information content (AvgIpc) is 3.14. The first kappa shape index (κ1) is 26.5. The number of rotatable bonds is 6. The van der Waals surface area contributed by atoms with Crippen molar-refractivity contribution in [1.29, 1.82) is 0 Å². The molecule has 0 aromatic heterocycles. The van der Waals surface area contributed by atoms with Crippen molar-refractivity contribution in [3.05, 3.63) is 0 Å². The number of carbonyl (C=O) groups excluding carboxylic acids is 3. The highest BCUT2D eigenvalue weighted by molar-refractivity contribution is 5.69. The van der Waals surface area contributed by atoms with Gasteiger partial charge in [-0.25, -0.2) is 0 Å². The zero-order chi connectivity index (χ0) is 25.5. The van der Waals surface area contributed by atoms with E-state index in [9.17, 15) is 14.4 Å². The average molecular weight is 491 g/mol. The van der Waals surface area contributed by atoms with Crippen LogP contribution in [0, 0.1) is 46.3 Å². The first-order valence-corrected chi connectivity index (χ1v) is 13.9. The molecule has 6 nitrogen and oxygen atoms in total. The van der Waals surface area contributed by atoms with Crippen LogP contribution in [-0.4, -0.2) is 37.2 Å². The summed E-state index contributed by atoms with van der Waals surface area (Å²) in [4.78, 5) is 35.6. The van der Waals surface area contributed by atoms with E-state index in [1.807, 2.05) is 0 Å². The summed E-state index contributed by atoms with van der Waals surface area (Å²) >= 11 is 0. The van der Waals surface area contributed by atoms with Gasteiger partial charge in [0.1, 0.15) is 12.2 Å². The molecule has 10 atom stereocenters. The molecule has 0 bridgehead atoms. The van der Waals surface area contributed by atoms with Crippen LogP contribution >= 0.6 is 0 Å². The molecule has 0 heterocycles. The van der Waals surface area contributed by atoms with Gasteiger partial charge in [0, 0.05) is 26.2 Å². The maximum atomic E-state index is 12.1. The number of methoxy groups -OCH3 is 1. The van der Waals surface area contributed by atoms with E-state index in [4.69, 9.17) is 14.2 Å². The standard InChI is InChI=1S/C29H46O6/c1-17(7-10-27(32)33-6)22-8-9-23-21-16-26(35-19(3)31)25-15-20(34-18(2)30)11-13-29(25,5)24(21)12-14-28(22,23)4/h17,20-26H,7-16H2,1-6H3/t17-,20-,21?,22?,23?,24?,25?,26-,28-,29-/m1/s1. The van der Waals surface area contributed by atoms with Crippen molar-refractivity contribution < 1.29 is 28.6 Å². The normalized spacial score (nSPS) is 43.2. The lowest BCUT2D eigenvalue weighted by Crippen LogP contribution is -2.59. The molecule has 35 heavy (non-hydrogen) atoms. The lowest BCUT2D eigenvalue weighted by molar-refractivity contribution is -0.197. The van der Waals surface area contributed by atoms with E-state index >= 15 is 0 Å². The molecule has 6 heteroatoms. The third kappa shape index (κ3) is 4.87. The summed E-state index contributed by atoms with van der Waals surface area (Å²) in [5, 5.41) is 0. The molecular weight excluding hydrogens is 444 g/mol. The Morgan fingerprint density at radius 1 is 0.857 bits per heavy atom. The summed E-state index contributed by atoms with van der Waals surface area (Å²) in [6.45, 7) is 10.3. The molecule has 0 amide bonds. The van der Waals surface area contributed by atoms with Crippen molar-refractivity contribution in [2.75, 3.05) is 7.11 Å². The van der Waals surface area contributed by atoms with Crippen molar-refractivity contribution in [1.82, 2.24) is 0 Å². The van der Waals surface area contributed by atoms with E-state index in [-0.39, 0.29) is 46.9 Å². The third-order valence-corrected chi connectivity index (χ3v) is 11.0. The van der Waals surface area contributed by atoms with Gasteiger partial charge in [-0.3, -0.25) is 14.4 Å². The van der Waals surface area contributed by atoms with E-state index < -0.39 is 0 Å². The van der Waals surface area contributed by atoms with Gasteiger partial charge in [0.25, 0.3) is 0 Å². The molecule has 0 aromatic carbocycles. The van der Waals surface area contributed by atoms with Gasteiger partial charge >= 0.3 is 17.9 Å². The first-order chi connectivity index (χ1) is 16.5. The van der Waals surface area contributed by atoms with E-state index in [1.165, 1.54) is 46.6 Å². The van der Waals surface area contributed by atoms with E-state index in [1.54, 1.807) is 0 Å². The molecule has 4 aliphatic carbocycles. The van der Waals surface area contributed by atoms with Crippen LogP contribution in [-0.2, 0) is 28.6 Å². The summed E-state index contributed by atoms with van der Waals surface area (Å²) < 4.78 is 16.6. The number of ether oxygens (including phenoxy) is 3. The predicted octanol–water partition coefficient (Wildman–Crippen LogP) is 5.71. The SMILES string of the molecule is COC(=O)CC[C@@H](C)C1CCC2C3C[C@@H](OC(C)=O)C4C[C@H](OC(C)=O)CC[C@]4(C)C3CC[C@@]21C. The Hall–Kier alpha value is -1.59. The summed E-state index contributed by atoms with van der Waals surface area (Å²) in [7, 11) is 1.47. The summed E-state index contributed by atoms with van der Waals surface area (Å²) in [5.41, 5.74) is 0.380. The van der Waals surface area contributed by atoms with Gasteiger partial charge in [-0.1, -0.05) is 20.8 Å². The van der Waals surface area contributed by atoms with Crippen molar-refractivity contribution >= 4 is 17.9 Å². The van der Waals surface area contributed by atoms with Crippen LogP contribution in [0.15, 0.2) is 0 Å². The zero-order valence-corrected chi connectivity index (χ0v) is 22.6. The highest BCUT2D eigenvalue weighted by Gasteiger charge is 2.63. The second kappa shape index (κ2) is 10.0. The fraction of sp³-hybridized carbons (Fsp3) is 0.897. The molecule has 0 spiro atoms. The number of fused-ring (bicyclic) bond motifs is 5. The molecule has 4 saturated carbocycles. The lowest BCUT2D eigenvalue weighted by Gasteiger charge is -2.62. The quantitative estimate of drug-likeness (QED) is 0.351. The van der Waals surface area contributed by atoms with Crippen LogP contribution in [0.5, 0.6) is 0 Å². The van der Waals surface area contributed by atoms with Crippen molar-refractivity contribution in [2.45, 2.75) is 111 Å². The molecular formula is C29H46O6. The van der Waals surface area contributed by atoms with Gasteiger partial charge < -0.3 is 14.2 Å². The fourth-order valence-corrected chi connectivity index (χ4v) is 9.54. The van der Waals surface area contributed by atoms with Crippen molar-refractivity contribution in [3.8, 4) is 0 Å². The van der Waals surface area contributed by atoms with Crippen LogP contribution in [0.1, 0.15) is 98.8 Å². The molecule has 0 saturated heterocycles. The molecule has 198 valence electrons. The fourth-order valence-electron chi connectivity index (χ4n) is 9.54. The number of esters is 3. The van der Waals surface area contributed by atoms with Crippen molar-refractivity contribution in [3.63, 3.8) is 0 Å². The second-order valence-electron chi connectivity index (χ2n) is 12.7. The minimum absolute atomic E-state index is 0.0689. The van der Waals surface area contributed by atoms with E-state index in [2.05, 4.69) is 20.8 Å². The summed E-state index contributed by atoms with van der Waals surface area (Å²) in [6, 6.07) is 0. The lowest BCUT2D eigenvalue weighted by atomic mass is 9.43. The highest BCUT2D eigenvalue weighted by atomic mass is 16.5. The van der Waals surface area contributed by atoms with E-state index in [0.29, 0.717) is 36.0 Å². The van der Waals surface area contributed by atoms with Gasteiger partial charge in [-0.05, 0) is 98.2 Å². The van der Waals surface area contributed by atoms with Gasteiger partial charge in [0.15, 0.2) is 0 Å². The molecule has 0 radical (unpaired) electrons. The Morgan fingerprint density at radius 3 is 2.17 bits per heavy atom. The molecule has 0 N–H and O–H groups in total. The van der Waals surface area contributed by atoms with Gasteiger partial charge in [0.05, 0.1) is 7.11 Å². The summed E-state index contributed by atoms with van der Waals surface area (Å²) in [6.07, 6.45) is 9.78. The first-order valence-electron chi connectivity index (χ1n) is 13.9. The Kier molecular flexibility index (Phi) is 7.60. The minimum Gasteiger partial charge on any atom is -0.469 e. The van der Waals surface area contributed by atoms with Crippen LogP contribution in [0.25, 0.3) is 0 Å². The van der Waals surface area contributed by atoms with Gasteiger partial charge in [-0.2, -0.15) is 0 Å². The number of hydrogen-bond acceptors (Lipinski definition) is 6. The Bertz CT molecular complexity index is 824. The number of hydrogen-bond donors (Lipinski definition) is 0. The monoisotopic (exact) mass is 490 g/mol. The molecule has 4 fully saturated rings. The molecule has 0 aliphatic heterocycles.